The molecule has 20 heavy (non-hydrogen) atoms. The topological polar surface area (TPSA) is 64.8 Å². The Balaban J connectivity index is 2.17. The molecule has 0 saturated heterocycles. The van der Waals surface area contributed by atoms with Crippen LogP contribution in [0.4, 0.5) is 11.4 Å². The number of amides is 1. The van der Waals surface area contributed by atoms with Crippen molar-refractivity contribution in [1.29, 1.82) is 0 Å². The fourth-order valence-corrected chi connectivity index (χ4v) is 2.10. The summed E-state index contributed by atoms with van der Waals surface area (Å²) in [6.45, 7) is 8.70. The average Bonchev–Trinajstić information content (AvgIpc) is 2.32. The number of hydrogen-bond donors (Lipinski definition) is 1. The zero-order valence-electron chi connectivity index (χ0n) is 12.5. The van der Waals surface area contributed by atoms with Gasteiger partial charge in [-0.15, -0.1) is 0 Å². The number of carbonyl (C=O) groups excluding carboxylic acids is 1. The first-order chi connectivity index (χ1) is 9.28. The van der Waals surface area contributed by atoms with Crippen LogP contribution in [0.1, 0.15) is 27.7 Å². The number of rotatable bonds is 3. The number of fused-ring (bicyclic) bond motifs is 1. The summed E-state index contributed by atoms with van der Waals surface area (Å²) in [6, 6.07) is 5.32. The maximum atomic E-state index is 12.2. The highest BCUT2D eigenvalue weighted by atomic mass is 16.5. The molecule has 5 heteroatoms. The van der Waals surface area contributed by atoms with E-state index in [9.17, 15) is 4.79 Å². The predicted molar refractivity (Wildman–Crippen MR) is 79.0 cm³/mol. The third-order valence-corrected chi connectivity index (χ3v) is 3.04. The molecule has 2 rings (SSSR count). The first-order valence-corrected chi connectivity index (χ1v) is 6.79. The Morgan fingerprint density at radius 1 is 1.40 bits per heavy atom. The normalized spacial score (nSPS) is 18.7. The van der Waals surface area contributed by atoms with Crippen LogP contribution in [0.3, 0.4) is 0 Å². The summed E-state index contributed by atoms with van der Waals surface area (Å²) in [5.74, 6) is 0.590. The fourth-order valence-electron chi connectivity index (χ4n) is 2.10. The first kappa shape index (κ1) is 14.7. The minimum atomic E-state index is -0.501. The Bertz CT molecular complexity index is 508. The zero-order valence-corrected chi connectivity index (χ0v) is 12.5. The van der Waals surface area contributed by atoms with Crippen LogP contribution < -0.4 is 15.4 Å². The minimum absolute atomic E-state index is 0.0558. The molecule has 1 aromatic rings. The molecule has 1 unspecified atom stereocenters. The second-order valence-electron chi connectivity index (χ2n) is 5.94. The van der Waals surface area contributed by atoms with E-state index in [1.165, 1.54) is 0 Å². The smallest absolute Gasteiger partial charge is 0.267 e. The predicted octanol–water partition coefficient (Wildman–Crippen LogP) is 2.20. The molecule has 0 aromatic heterocycles. The van der Waals surface area contributed by atoms with Gasteiger partial charge in [-0.1, -0.05) is 0 Å². The Morgan fingerprint density at radius 3 is 2.75 bits per heavy atom. The van der Waals surface area contributed by atoms with Crippen molar-refractivity contribution >= 4 is 17.3 Å². The van der Waals surface area contributed by atoms with E-state index < -0.39 is 6.10 Å². The second kappa shape index (κ2) is 5.32. The summed E-state index contributed by atoms with van der Waals surface area (Å²) >= 11 is 0. The Morgan fingerprint density at radius 2 is 2.10 bits per heavy atom. The van der Waals surface area contributed by atoms with Crippen LogP contribution in [0, 0.1) is 0 Å². The van der Waals surface area contributed by atoms with Gasteiger partial charge < -0.3 is 20.1 Å². The Labute approximate surface area is 119 Å². The second-order valence-corrected chi connectivity index (χ2v) is 5.94. The lowest BCUT2D eigenvalue weighted by molar-refractivity contribution is -0.126. The quantitative estimate of drug-likeness (QED) is 0.861. The van der Waals surface area contributed by atoms with Gasteiger partial charge in [0.1, 0.15) is 5.75 Å². The van der Waals surface area contributed by atoms with Gasteiger partial charge in [0, 0.05) is 18.3 Å². The lowest BCUT2D eigenvalue weighted by atomic mass is 10.1. The van der Waals surface area contributed by atoms with Crippen LogP contribution in [-0.4, -0.2) is 30.8 Å². The number of benzene rings is 1. The van der Waals surface area contributed by atoms with Gasteiger partial charge in [-0.05, 0) is 39.8 Å². The van der Waals surface area contributed by atoms with Crippen molar-refractivity contribution in [2.75, 3.05) is 23.8 Å². The van der Waals surface area contributed by atoms with Crippen LogP contribution in [0.15, 0.2) is 18.2 Å². The van der Waals surface area contributed by atoms with Gasteiger partial charge in [-0.3, -0.25) is 4.79 Å². The summed E-state index contributed by atoms with van der Waals surface area (Å²) in [5, 5.41) is 0. The van der Waals surface area contributed by atoms with E-state index in [0.717, 1.165) is 5.69 Å². The van der Waals surface area contributed by atoms with Gasteiger partial charge in [-0.25, -0.2) is 0 Å². The molecule has 5 nitrogen and oxygen atoms in total. The molecular formula is C15H22N2O3. The molecule has 1 aliphatic rings. The Hall–Kier alpha value is -1.75. The van der Waals surface area contributed by atoms with Crippen molar-refractivity contribution in [1.82, 2.24) is 0 Å². The van der Waals surface area contributed by atoms with Crippen molar-refractivity contribution in [3.63, 3.8) is 0 Å². The number of carbonyl (C=O) groups is 1. The maximum absolute atomic E-state index is 12.2. The molecule has 0 radical (unpaired) electrons. The van der Waals surface area contributed by atoms with E-state index in [1.807, 2.05) is 26.8 Å². The van der Waals surface area contributed by atoms with Gasteiger partial charge in [0.25, 0.3) is 5.91 Å². The number of anilines is 2. The van der Waals surface area contributed by atoms with Crippen LogP contribution in [-0.2, 0) is 9.53 Å². The van der Waals surface area contributed by atoms with Gasteiger partial charge in [-0.2, -0.15) is 0 Å². The van der Waals surface area contributed by atoms with Crippen LogP contribution >= 0.6 is 0 Å². The molecule has 0 bridgehead atoms. The third kappa shape index (κ3) is 3.22. The number of ether oxygens (including phenoxy) is 2. The van der Waals surface area contributed by atoms with Crippen molar-refractivity contribution in [2.45, 2.75) is 39.4 Å². The molecule has 110 valence electrons. The number of nitrogens with zero attached hydrogens (tertiary/aromatic N) is 1. The summed E-state index contributed by atoms with van der Waals surface area (Å²) in [4.78, 5) is 13.9. The molecule has 0 fully saturated rings. The lowest BCUT2D eigenvalue weighted by Gasteiger charge is -2.33. The highest BCUT2D eigenvalue weighted by molar-refractivity contribution is 6.00. The van der Waals surface area contributed by atoms with Crippen molar-refractivity contribution in [2.24, 2.45) is 0 Å². The van der Waals surface area contributed by atoms with Crippen molar-refractivity contribution in [3.8, 4) is 5.75 Å². The number of hydrogen-bond acceptors (Lipinski definition) is 4. The fraction of sp³-hybridized carbons (Fsp3) is 0.533. The molecular weight excluding hydrogens is 256 g/mol. The number of nitrogens with two attached hydrogens (primary N) is 1. The zero-order chi connectivity index (χ0) is 14.9. The van der Waals surface area contributed by atoms with E-state index >= 15 is 0 Å². The monoisotopic (exact) mass is 278 g/mol. The third-order valence-electron chi connectivity index (χ3n) is 3.04. The maximum Gasteiger partial charge on any atom is 0.267 e. The molecule has 0 saturated carbocycles. The Kier molecular flexibility index (Phi) is 3.90. The molecule has 1 aromatic carbocycles. The lowest BCUT2D eigenvalue weighted by Crippen LogP contribution is -2.46. The van der Waals surface area contributed by atoms with E-state index in [0.29, 0.717) is 24.6 Å². The highest BCUT2D eigenvalue weighted by Crippen LogP contribution is 2.35. The molecule has 1 atom stereocenters. The van der Waals surface area contributed by atoms with E-state index in [-0.39, 0.29) is 11.5 Å². The van der Waals surface area contributed by atoms with Crippen LogP contribution in [0.25, 0.3) is 0 Å². The highest BCUT2D eigenvalue weighted by Gasteiger charge is 2.31. The van der Waals surface area contributed by atoms with E-state index in [2.05, 4.69) is 0 Å². The molecule has 2 N–H and O–H groups in total. The van der Waals surface area contributed by atoms with Gasteiger partial charge in [0.05, 0.1) is 17.9 Å². The van der Waals surface area contributed by atoms with Crippen LogP contribution in [0.5, 0.6) is 5.75 Å². The average molecular weight is 278 g/mol. The van der Waals surface area contributed by atoms with E-state index in [1.54, 1.807) is 24.0 Å². The molecule has 0 spiro atoms. The largest absolute Gasteiger partial charge is 0.479 e. The standard InChI is InChI=1S/C15H22N2O3/c1-10-14(18)17(7-8-19-15(2,3)4)12-6-5-11(16)9-13(12)20-10/h5-6,9-10H,7-8,16H2,1-4H3. The summed E-state index contributed by atoms with van der Waals surface area (Å²) in [5.41, 5.74) is 6.91. The summed E-state index contributed by atoms with van der Waals surface area (Å²) < 4.78 is 11.3. The van der Waals surface area contributed by atoms with Crippen molar-refractivity contribution < 1.29 is 14.3 Å². The van der Waals surface area contributed by atoms with Crippen molar-refractivity contribution in [3.05, 3.63) is 18.2 Å². The summed E-state index contributed by atoms with van der Waals surface area (Å²) in [7, 11) is 0. The van der Waals surface area contributed by atoms with Gasteiger partial charge in [0.2, 0.25) is 0 Å². The SMILES string of the molecule is CC1Oc2cc(N)ccc2N(CCOC(C)(C)C)C1=O. The van der Waals surface area contributed by atoms with Gasteiger partial charge in [0.15, 0.2) is 6.10 Å². The summed E-state index contributed by atoms with van der Waals surface area (Å²) in [6.07, 6.45) is -0.501. The molecule has 1 heterocycles. The molecule has 1 aliphatic heterocycles. The van der Waals surface area contributed by atoms with Crippen LogP contribution in [0.2, 0.25) is 0 Å². The molecule has 1 amide bonds. The first-order valence-electron chi connectivity index (χ1n) is 6.79. The van der Waals surface area contributed by atoms with E-state index in [4.69, 9.17) is 15.2 Å². The van der Waals surface area contributed by atoms with Gasteiger partial charge >= 0.3 is 0 Å². The minimum Gasteiger partial charge on any atom is -0.479 e. The molecule has 0 aliphatic carbocycles. The number of nitrogen functional groups attached to an aromatic ring is 1.